The Bertz CT molecular complexity index is 809. The molecule has 0 bridgehead atoms. The van der Waals surface area contributed by atoms with E-state index in [1.54, 1.807) is 12.3 Å². The van der Waals surface area contributed by atoms with Gasteiger partial charge in [0, 0.05) is 45.5 Å². The van der Waals surface area contributed by atoms with Gasteiger partial charge >= 0.3 is 0 Å². The average molecular weight is 366 g/mol. The summed E-state index contributed by atoms with van der Waals surface area (Å²) in [6, 6.07) is 12.0. The summed E-state index contributed by atoms with van der Waals surface area (Å²) in [4.78, 5) is 34.4. The van der Waals surface area contributed by atoms with Crippen LogP contribution in [0.2, 0.25) is 0 Å². The minimum atomic E-state index is -0.135. The molecule has 6 heteroatoms. The van der Waals surface area contributed by atoms with E-state index in [4.69, 9.17) is 0 Å². The fraction of sp³-hybridized carbons (Fsp3) is 0.429. The first-order valence-electron chi connectivity index (χ1n) is 9.66. The van der Waals surface area contributed by atoms with Crippen molar-refractivity contribution < 1.29 is 9.59 Å². The summed E-state index contributed by atoms with van der Waals surface area (Å²) in [5, 5.41) is 0. The molecule has 1 aromatic heterocycles. The zero-order valence-corrected chi connectivity index (χ0v) is 15.7. The van der Waals surface area contributed by atoms with Crippen LogP contribution in [0.1, 0.15) is 28.5 Å². The van der Waals surface area contributed by atoms with Crippen LogP contribution in [-0.4, -0.2) is 70.3 Å². The predicted molar refractivity (Wildman–Crippen MR) is 103 cm³/mol. The third-order valence-electron chi connectivity index (χ3n) is 5.77. The molecule has 142 valence electrons. The predicted octanol–water partition coefficient (Wildman–Crippen LogP) is 1.75. The Morgan fingerprint density at radius 1 is 0.926 bits per heavy atom. The van der Waals surface area contributed by atoms with Crippen molar-refractivity contribution >= 4 is 11.8 Å². The Morgan fingerprint density at radius 2 is 1.63 bits per heavy atom. The molecule has 1 fully saturated rings. The second-order valence-corrected chi connectivity index (χ2v) is 7.37. The largest absolute Gasteiger partial charge is 0.357 e. The molecule has 1 N–H and O–H groups in total. The van der Waals surface area contributed by atoms with Gasteiger partial charge in [0.2, 0.25) is 5.91 Å². The Hall–Kier alpha value is -2.60. The summed E-state index contributed by atoms with van der Waals surface area (Å²) < 4.78 is 0. The molecule has 1 saturated heterocycles. The van der Waals surface area contributed by atoms with Crippen molar-refractivity contribution in [3.63, 3.8) is 0 Å². The molecular weight excluding hydrogens is 340 g/mol. The summed E-state index contributed by atoms with van der Waals surface area (Å²) in [5.74, 6) is 0.175. The first kappa shape index (κ1) is 17.8. The number of H-pyrrole nitrogens is 1. The molecule has 1 unspecified atom stereocenters. The molecule has 4 rings (SSSR count). The Kier molecular flexibility index (Phi) is 4.99. The molecular formula is C21H26N4O2. The molecule has 1 aromatic carbocycles. The van der Waals surface area contributed by atoms with Gasteiger partial charge in [0.25, 0.3) is 5.91 Å². The highest BCUT2D eigenvalue weighted by molar-refractivity contribution is 5.92. The minimum absolute atomic E-state index is 0.00721. The van der Waals surface area contributed by atoms with Crippen LogP contribution < -0.4 is 0 Å². The van der Waals surface area contributed by atoms with Crippen LogP contribution in [0.4, 0.5) is 0 Å². The van der Waals surface area contributed by atoms with Crippen molar-refractivity contribution in [2.24, 2.45) is 0 Å². The highest BCUT2D eigenvalue weighted by Gasteiger charge is 2.31. The van der Waals surface area contributed by atoms with Gasteiger partial charge in [-0.05, 0) is 36.6 Å². The summed E-state index contributed by atoms with van der Waals surface area (Å²) in [7, 11) is 0. The van der Waals surface area contributed by atoms with E-state index in [0.717, 1.165) is 19.5 Å². The van der Waals surface area contributed by atoms with Gasteiger partial charge in [-0.15, -0.1) is 0 Å². The number of aromatic amines is 1. The number of nitrogens with zero attached hydrogens (tertiary/aromatic N) is 3. The van der Waals surface area contributed by atoms with Crippen LogP contribution in [0, 0.1) is 0 Å². The van der Waals surface area contributed by atoms with Crippen molar-refractivity contribution in [2.45, 2.75) is 25.9 Å². The average Bonchev–Trinajstić information content (AvgIpc) is 3.27. The lowest BCUT2D eigenvalue weighted by molar-refractivity contribution is -0.138. The van der Waals surface area contributed by atoms with Crippen molar-refractivity contribution in [1.82, 2.24) is 19.7 Å². The fourth-order valence-electron chi connectivity index (χ4n) is 4.03. The molecule has 0 saturated carbocycles. The fourth-order valence-corrected chi connectivity index (χ4v) is 4.03. The van der Waals surface area contributed by atoms with Crippen LogP contribution >= 0.6 is 0 Å². The number of hydrogen-bond donors (Lipinski definition) is 1. The summed E-state index contributed by atoms with van der Waals surface area (Å²) in [6.07, 6.45) is 2.75. The van der Waals surface area contributed by atoms with Crippen LogP contribution in [0.25, 0.3) is 0 Å². The number of rotatable bonds is 3. The lowest BCUT2D eigenvalue weighted by atomic mass is 9.98. The molecule has 2 aliphatic rings. The third kappa shape index (κ3) is 3.62. The number of piperazine rings is 1. The maximum atomic E-state index is 13.0. The van der Waals surface area contributed by atoms with Crippen LogP contribution in [-0.2, 0) is 17.8 Å². The molecule has 3 heterocycles. The molecule has 6 nitrogen and oxygen atoms in total. The number of fused-ring (bicyclic) bond motifs is 1. The number of aromatic nitrogens is 1. The van der Waals surface area contributed by atoms with E-state index < -0.39 is 0 Å². The van der Waals surface area contributed by atoms with Crippen LogP contribution in [0.15, 0.2) is 42.6 Å². The maximum Gasteiger partial charge on any atom is 0.270 e. The maximum absolute atomic E-state index is 13.0. The van der Waals surface area contributed by atoms with Gasteiger partial charge in [-0.3, -0.25) is 14.5 Å². The quantitative estimate of drug-likeness (QED) is 0.900. The topological polar surface area (TPSA) is 59.7 Å². The molecule has 27 heavy (non-hydrogen) atoms. The zero-order chi connectivity index (χ0) is 18.8. The van der Waals surface area contributed by atoms with Crippen molar-refractivity contribution in [1.29, 1.82) is 0 Å². The monoisotopic (exact) mass is 366 g/mol. The smallest absolute Gasteiger partial charge is 0.270 e. The Labute approximate surface area is 159 Å². The third-order valence-corrected chi connectivity index (χ3v) is 5.77. The summed E-state index contributed by atoms with van der Waals surface area (Å²) in [6.45, 7) is 6.11. The lowest BCUT2D eigenvalue weighted by Gasteiger charge is -2.39. The van der Waals surface area contributed by atoms with Gasteiger partial charge in [0.05, 0.1) is 6.04 Å². The normalized spacial score (nSPS) is 18.9. The zero-order valence-electron chi connectivity index (χ0n) is 15.7. The standard InChI is InChI=1S/C21H26N4O2/c1-16(25-10-8-17-5-2-3-6-18(17)15-25)20(26)23-11-13-24(14-12-23)21(27)19-7-4-9-22-19/h2-7,9,16,22H,8,10-15H2,1H3. The van der Waals surface area contributed by atoms with E-state index in [2.05, 4.69) is 34.1 Å². The molecule has 0 radical (unpaired) electrons. The van der Waals surface area contributed by atoms with Crippen LogP contribution in [0.3, 0.4) is 0 Å². The van der Waals surface area contributed by atoms with Gasteiger partial charge < -0.3 is 14.8 Å². The van der Waals surface area contributed by atoms with Crippen LogP contribution in [0.5, 0.6) is 0 Å². The molecule has 2 aromatic rings. The van der Waals surface area contributed by atoms with E-state index >= 15 is 0 Å². The minimum Gasteiger partial charge on any atom is -0.357 e. The van der Waals surface area contributed by atoms with E-state index in [0.29, 0.717) is 31.9 Å². The summed E-state index contributed by atoms with van der Waals surface area (Å²) >= 11 is 0. The Balaban J connectivity index is 1.33. The molecule has 2 amide bonds. The summed E-state index contributed by atoms with van der Waals surface area (Å²) in [5.41, 5.74) is 3.32. The number of carbonyl (C=O) groups is 2. The van der Waals surface area contributed by atoms with Gasteiger partial charge in [0.1, 0.15) is 5.69 Å². The first-order chi connectivity index (χ1) is 13.1. The molecule has 2 aliphatic heterocycles. The number of hydrogen-bond acceptors (Lipinski definition) is 3. The highest BCUT2D eigenvalue weighted by Crippen LogP contribution is 2.21. The molecule has 0 spiro atoms. The lowest BCUT2D eigenvalue weighted by Crippen LogP contribution is -2.55. The van der Waals surface area contributed by atoms with Gasteiger partial charge in [-0.1, -0.05) is 24.3 Å². The highest BCUT2D eigenvalue weighted by atomic mass is 16.2. The van der Waals surface area contributed by atoms with Crippen molar-refractivity contribution in [2.75, 3.05) is 32.7 Å². The van der Waals surface area contributed by atoms with Crippen molar-refractivity contribution in [3.8, 4) is 0 Å². The second-order valence-electron chi connectivity index (χ2n) is 7.37. The van der Waals surface area contributed by atoms with Gasteiger partial charge in [-0.2, -0.15) is 0 Å². The van der Waals surface area contributed by atoms with E-state index in [9.17, 15) is 9.59 Å². The number of carbonyl (C=O) groups excluding carboxylic acids is 2. The Morgan fingerprint density at radius 3 is 2.33 bits per heavy atom. The SMILES string of the molecule is CC(C(=O)N1CCN(C(=O)c2ccc[nH]2)CC1)N1CCc2ccccc2C1. The number of amides is 2. The van der Waals surface area contributed by atoms with E-state index in [-0.39, 0.29) is 17.9 Å². The second kappa shape index (κ2) is 7.56. The number of benzene rings is 1. The van der Waals surface area contributed by atoms with Gasteiger partial charge in [0.15, 0.2) is 0 Å². The van der Waals surface area contributed by atoms with E-state index in [1.807, 2.05) is 22.8 Å². The first-order valence-corrected chi connectivity index (χ1v) is 9.66. The van der Waals surface area contributed by atoms with Crippen molar-refractivity contribution in [3.05, 3.63) is 59.4 Å². The van der Waals surface area contributed by atoms with Gasteiger partial charge in [-0.25, -0.2) is 0 Å². The van der Waals surface area contributed by atoms with E-state index in [1.165, 1.54) is 11.1 Å². The molecule has 0 aliphatic carbocycles. The number of nitrogens with one attached hydrogen (secondary N) is 1. The molecule has 1 atom stereocenters.